The highest BCUT2D eigenvalue weighted by atomic mass is 16.6. The number of rotatable bonds is 41. The number of likely N-dealkylation sites (N-methyl/N-ethyl adjacent to an activating group) is 1. The van der Waals surface area contributed by atoms with Crippen molar-refractivity contribution in [2.75, 3.05) is 47.5 Å². The molecule has 0 aromatic carbocycles. The molecular weight excluding hydrogens is 751 g/mol. The molecule has 0 aliphatic heterocycles. The molecule has 0 aliphatic carbocycles. The number of unbranched alkanes of at least 4 members (excludes halogenated alkanes) is 24. The smallest absolute Gasteiger partial charge is 0.344 e. The first kappa shape index (κ1) is 56.3. The zero-order valence-corrected chi connectivity index (χ0v) is 39.1. The fourth-order valence-corrected chi connectivity index (χ4v) is 6.87. The molecule has 0 amide bonds. The minimum atomic E-state index is -1.05. The molecule has 1 atom stereocenters. The monoisotopic (exact) mass is 841 g/mol. The third kappa shape index (κ3) is 39.2. The normalized spacial score (nSPS) is 12.1. The number of carbonyl (C=O) groups excluding carboxylic acids is 5. The SMILES string of the molecule is CCCCCCCCCCCCCCCC(=O)OCC(COC(=O)CCCCCCCCCCCCCCC)OC(=O)COC(=O)C[C@@H](C[N+](C)(C)C)OC(=O)C(C)C. The molecule has 11 nitrogen and oxygen atoms in total. The minimum absolute atomic E-state index is 0.224. The molecule has 0 rings (SSSR count). The van der Waals surface area contributed by atoms with Gasteiger partial charge in [-0.15, -0.1) is 0 Å². The quantitative estimate of drug-likeness (QED) is 0.0254. The Morgan fingerprint density at radius 1 is 0.424 bits per heavy atom. The van der Waals surface area contributed by atoms with Crippen LogP contribution in [0, 0.1) is 5.92 Å². The highest BCUT2D eigenvalue weighted by molar-refractivity contribution is 5.77. The van der Waals surface area contributed by atoms with Crippen molar-refractivity contribution in [1.82, 2.24) is 0 Å². The molecule has 11 heteroatoms. The van der Waals surface area contributed by atoms with Crippen LogP contribution < -0.4 is 0 Å². The summed E-state index contributed by atoms with van der Waals surface area (Å²) in [4.78, 5) is 62.9. The lowest BCUT2D eigenvalue weighted by Crippen LogP contribution is -2.44. The van der Waals surface area contributed by atoms with E-state index in [9.17, 15) is 24.0 Å². The van der Waals surface area contributed by atoms with Gasteiger partial charge < -0.3 is 28.2 Å². The Morgan fingerprint density at radius 2 is 0.780 bits per heavy atom. The van der Waals surface area contributed by atoms with E-state index in [1.165, 1.54) is 116 Å². The Hall–Kier alpha value is -2.69. The number of ether oxygens (including phenoxy) is 5. The molecule has 0 N–H and O–H groups in total. The summed E-state index contributed by atoms with van der Waals surface area (Å²) in [5.74, 6) is -3.19. The topological polar surface area (TPSA) is 132 Å². The fourth-order valence-electron chi connectivity index (χ4n) is 6.87. The van der Waals surface area contributed by atoms with Gasteiger partial charge in [-0.05, 0) is 12.8 Å². The van der Waals surface area contributed by atoms with Gasteiger partial charge in [0.25, 0.3) is 0 Å². The van der Waals surface area contributed by atoms with Crippen molar-refractivity contribution in [3.8, 4) is 0 Å². The summed E-state index contributed by atoms with van der Waals surface area (Å²) >= 11 is 0. The Labute approximate surface area is 360 Å². The second-order valence-electron chi connectivity index (χ2n) is 18.0. The number of carbonyl (C=O) groups is 5. The summed E-state index contributed by atoms with van der Waals surface area (Å²) in [5, 5.41) is 0. The molecule has 0 bridgehead atoms. The Kier molecular flexibility index (Phi) is 36.5. The van der Waals surface area contributed by atoms with Crippen molar-refractivity contribution in [2.45, 2.75) is 226 Å². The number of nitrogens with zero attached hydrogens (tertiary/aromatic N) is 1. The summed E-state index contributed by atoms with van der Waals surface area (Å²) in [6, 6.07) is 0. The molecule has 0 fully saturated rings. The van der Waals surface area contributed by atoms with Crippen molar-refractivity contribution < 1.29 is 52.1 Å². The van der Waals surface area contributed by atoms with Gasteiger partial charge in [-0.1, -0.05) is 182 Å². The number of esters is 5. The van der Waals surface area contributed by atoms with Crippen LogP contribution in [0.5, 0.6) is 0 Å². The molecule has 346 valence electrons. The molecule has 0 unspecified atom stereocenters. The first-order valence-corrected chi connectivity index (χ1v) is 23.9. The van der Waals surface area contributed by atoms with Crippen LogP contribution in [0.25, 0.3) is 0 Å². The third-order valence-corrected chi connectivity index (χ3v) is 10.4. The van der Waals surface area contributed by atoms with Gasteiger partial charge in [0.1, 0.15) is 19.8 Å². The van der Waals surface area contributed by atoms with Gasteiger partial charge in [0.2, 0.25) is 0 Å². The third-order valence-electron chi connectivity index (χ3n) is 10.4. The van der Waals surface area contributed by atoms with E-state index in [0.29, 0.717) is 23.9 Å². The molecule has 0 radical (unpaired) electrons. The number of hydrogen-bond donors (Lipinski definition) is 0. The molecule has 0 saturated carbocycles. The van der Waals surface area contributed by atoms with Crippen LogP contribution >= 0.6 is 0 Å². The summed E-state index contributed by atoms with van der Waals surface area (Å²) in [6.45, 7) is 7.04. The van der Waals surface area contributed by atoms with E-state index >= 15 is 0 Å². The van der Waals surface area contributed by atoms with E-state index in [-0.39, 0.29) is 38.4 Å². The predicted octanol–water partition coefficient (Wildman–Crippen LogP) is 11.2. The van der Waals surface area contributed by atoms with Crippen molar-refractivity contribution in [3.63, 3.8) is 0 Å². The maximum absolute atomic E-state index is 12.8. The summed E-state index contributed by atoms with van der Waals surface area (Å²) < 4.78 is 27.5. The Morgan fingerprint density at radius 3 is 1.12 bits per heavy atom. The maximum atomic E-state index is 12.8. The zero-order chi connectivity index (χ0) is 44.0. The number of hydrogen-bond acceptors (Lipinski definition) is 10. The summed E-state index contributed by atoms with van der Waals surface area (Å²) in [7, 11) is 5.74. The zero-order valence-electron chi connectivity index (χ0n) is 39.1. The summed E-state index contributed by atoms with van der Waals surface area (Å²) in [6.07, 6.45) is 29.9. The van der Waals surface area contributed by atoms with Crippen LogP contribution in [0.1, 0.15) is 214 Å². The van der Waals surface area contributed by atoms with Crippen LogP contribution in [0.2, 0.25) is 0 Å². The molecule has 0 spiro atoms. The Balaban J connectivity index is 4.76. The molecular formula is C48H90NO10+. The van der Waals surface area contributed by atoms with E-state index in [4.69, 9.17) is 23.7 Å². The van der Waals surface area contributed by atoms with E-state index in [2.05, 4.69) is 13.8 Å². The van der Waals surface area contributed by atoms with E-state index < -0.39 is 48.7 Å². The standard InChI is InChI=1S/C48H90NO10/c1-8-10-12-14-16-18-20-22-24-26-28-30-32-34-44(50)55-38-43(39-56-45(51)35-33-31-29-27-25-23-21-19-17-15-13-11-9-2)58-47(53)40-57-46(52)36-42(37-49(5,6)7)59-48(54)41(3)4/h41-43H,8-40H2,1-7H3/q+1/t42-/m0/s1. The van der Waals surface area contributed by atoms with E-state index in [0.717, 1.165) is 38.5 Å². The lowest BCUT2D eigenvalue weighted by Gasteiger charge is -2.29. The molecule has 0 aromatic heterocycles. The second kappa shape index (κ2) is 38.2. The van der Waals surface area contributed by atoms with E-state index in [1.807, 2.05) is 21.1 Å². The van der Waals surface area contributed by atoms with Crippen LogP contribution in [-0.2, 0) is 47.7 Å². The highest BCUT2D eigenvalue weighted by Crippen LogP contribution is 2.16. The van der Waals surface area contributed by atoms with Gasteiger partial charge in [0, 0.05) is 12.8 Å². The second-order valence-corrected chi connectivity index (χ2v) is 18.0. The van der Waals surface area contributed by atoms with Gasteiger partial charge >= 0.3 is 29.8 Å². The van der Waals surface area contributed by atoms with Crippen molar-refractivity contribution in [1.29, 1.82) is 0 Å². The van der Waals surface area contributed by atoms with Gasteiger partial charge in [0.05, 0.1) is 33.5 Å². The maximum Gasteiger partial charge on any atom is 0.344 e. The van der Waals surface area contributed by atoms with Crippen LogP contribution in [0.3, 0.4) is 0 Å². The Bertz CT molecular complexity index is 1030. The first-order chi connectivity index (χ1) is 28.3. The van der Waals surface area contributed by atoms with E-state index in [1.54, 1.807) is 13.8 Å². The van der Waals surface area contributed by atoms with Crippen molar-refractivity contribution in [2.24, 2.45) is 5.92 Å². The van der Waals surface area contributed by atoms with Crippen LogP contribution in [-0.4, -0.2) is 94.0 Å². The molecule has 0 aromatic rings. The molecule has 0 aliphatic rings. The van der Waals surface area contributed by atoms with Gasteiger partial charge in [-0.3, -0.25) is 19.2 Å². The van der Waals surface area contributed by atoms with Crippen LogP contribution in [0.15, 0.2) is 0 Å². The predicted molar refractivity (Wildman–Crippen MR) is 236 cm³/mol. The highest BCUT2D eigenvalue weighted by Gasteiger charge is 2.28. The lowest BCUT2D eigenvalue weighted by molar-refractivity contribution is -0.873. The van der Waals surface area contributed by atoms with Gasteiger partial charge in [-0.2, -0.15) is 0 Å². The van der Waals surface area contributed by atoms with Gasteiger partial charge in [0.15, 0.2) is 18.8 Å². The van der Waals surface area contributed by atoms with Crippen molar-refractivity contribution >= 4 is 29.8 Å². The number of quaternary nitrogens is 1. The minimum Gasteiger partial charge on any atom is -0.462 e. The first-order valence-electron chi connectivity index (χ1n) is 23.9. The fraction of sp³-hybridized carbons (Fsp3) is 0.896. The molecule has 0 heterocycles. The van der Waals surface area contributed by atoms with Crippen molar-refractivity contribution in [3.05, 3.63) is 0 Å². The summed E-state index contributed by atoms with van der Waals surface area (Å²) in [5.41, 5.74) is 0. The average molecular weight is 841 g/mol. The molecule has 59 heavy (non-hydrogen) atoms. The molecule has 0 saturated heterocycles. The van der Waals surface area contributed by atoms with Gasteiger partial charge in [-0.25, -0.2) is 4.79 Å². The lowest BCUT2D eigenvalue weighted by atomic mass is 10.0. The largest absolute Gasteiger partial charge is 0.462 e. The van der Waals surface area contributed by atoms with Crippen LogP contribution in [0.4, 0.5) is 0 Å². The average Bonchev–Trinajstić information content (AvgIpc) is 3.17.